The Kier molecular flexibility index (Phi) is 4.65. The van der Waals surface area contributed by atoms with Crippen LogP contribution in [-0.4, -0.2) is 29.9 Å². The summed E-state index contributed by atoms with van der Waals surface area (Å²) in [7, 11) is 0. The van der Waals surface area contributed by atoms with Gasteiger partial charge in [0.1, 0.15) is 0 Å². The number of rotatable bonds is 6. The molecule has 0 bridgehead atoms. The first kappa shape index (κ1) is 14.9. The summed E-state index contributed by atoms with van der Waals surface area (Å²) in [4.78, 5) is 14.6. The summed E-state index contributed by atoms with van der Waals surface area (Å²) >= 11 is 0. The van der Waals surface area contributed by atoms with E-state index in [0.717, 1.165) is 30.3 Å². The summed E-state index contributed by atoms with van der Waals surface area (Å²) in [6.07, 6.45) is 2.61. The highest BCUT2D eigenvalue weighted by Gasteiger charge is 2.28. The molecule has 4 heteroatoms. The number of anilines is 2. The summed E-state index contributed by atoms with van der Waals surface area (Å²) in [5, 5.41) is 3.00. The SMILES string of the molecule is CCN(CC1CC1)C(C)C(=O)Nc1cc(N)ccc1C. The fraction of sp³-hybridized carbons (Fsp3) is 0.562. The predicted octanol–water partition coefficient (Wildman–Crippen LogP) is 2.64. The molecule has 0 radical (unpaired) electrons. The molecule has 1 fully saturated rings. The van der Waals surface area contributed by atoms with Crippen LogP contribution >= 0.6 is 0 Å². The van der Waals surface area contributed by atoms with Crippen LogP contribution in [0.5, 0.6) is 0 Å². The van der Waals surface area contributed by atoms with E-state index in [0.29, 0.717) is 5.69 Å². The number of nitrogen functional groups attached to an aromatic ring is 1. The number of carbonyl (C=O) groups excluding carboxylic acids is 1. The quantitative estimate of drug-likeness (QED) is 0.785. The Bertz CT molecular complexity index is 483. The molecular weight excluding hydrogens is 250 g/mol. The Hall–Kier alpha value is -1.55. The van der Waals surface area contributed by atoms with Gasteiger partial charge in [0.05, 0.1) is 6.04 Å². The normalized spacial score (nSPS) is 16.2. The van der Waals surface area contributed by atoms with Crippen molar-refractivity contribution in [2.45, 2.75) is 39.7 Å². The zero-order valence-corrected chi connectivity index (χ0v) is 12.6. The molecule has 2 rings (SSSR count). The Morgan fingerprint density at radius 2 is 2.20 bits per heavy atom. The van der Waals surface area contributed by atoms with Gasteiger partial charge in [-0.15, -0.1) is 0 Å². The lowest BCUT2D eigenvalue weighted by Crippen LogP contribution is -2.43. The van der Waals surface area contributed by atoms with Crippen molar-refractivity contribution in [2.75, 3.05) is 24.1 Å². The van der Waals surface area contributed by atoms with Gasteiger partial charge in [0.25, 0.3) is 0 Å². The smallest absolute Gasteiger partial charge is 0.241 e. The first-order valence-electron chi connectivity index (χ1n) is 7.42. The van der Waals surface area contributed by atoms with Crippen molar-refractivity contribution in [3.63, 3.8) is 0 Å². The molecule has 0 heterocycles. The molecule has 1 unspecified atom stereocenters. The van der Waals surface area contributed by atoms with Crippen LogP contribution in [0.2, 0.25) is 0 Å². The Morgan fingerprint density at radius 3 is 2.80 bits per heavy atom. The Morgan fingerprint density at radius 1 is 1.50 bits per heavy atom. The molecule has 0 saturated heterocycles. The first-order chi connectivity index (χ1) is 9.51. The fourth-order valence-corrected chi connectivity index (χ4v) is 2.37. The third-order valence-corrected chi connectivity index (χ3v) is 4.04. The highest BCUT2D eigenvalue weighted by Crippen LogP contribution is 2.30. The molecule has 1 saturated carbocycles. The lowest BCUT2D eigenvalue weighted by Gasteiger charge is -2.27. The second-order valence-electron chi connectivity index (χ2n) is 5.77. The lowest BCUT2D eigenvalue weighted by molar-refractivity contribution is -0.120. The summed E-state index contributed by atoms with van der Waals surface area (Å²) in [6, 6.07) is 5.48. The van der Waals surface area contributed by atoms with Crippen molar-refractivity contribution in [1.29, 1.82) is 0 Å². The zero-order valence-electron chi connectivity index (χ0n) is 12.6. The van der Waals surface area contributed by atoms with Crippen LogP contribution < -0.4 is 11.1 Å². The molecule has 4 nitrogen and oxygen atoms in total. The third-order valence-electron chi connectivity index (χ3n) is 4.04. The van der Waals surface area contributed by atoms with Crippen molar-refractivity contribution >= 4 is 17.3 Å². The average Bonchev–Trinajstić information content (AvgIpc) is 3.23. The van der Waals surface area contributed by atoms with Crippen molar-refractivity contribution in [1.82, 2.24) is 4.90 Å². The van der Waals surface area contributed by atoms with Crippen LogP contribution in [-0.2, 0) is 4.79 Å². The number of carbonyl (C=O) groups is 1. The van der Waals surface area contributed by atoms with Crippen molar-refractivity contribution in [3.8, 4) is 0 Å². The van der Waals surface area contributed by atoms with E-state index in [2.05, 4.69) is 17.1 Å². The maximum absolute atomic E-state index is 12.4. The average molecular weight is 275 g/mol. The molecule has 0 aromatic heterocycles. The second kappa shape index (κ2) is 6.27. The summed E-state index contributed by atoms with van der Waals surface area (Å²) in [5.41, 5.74) is 8.29. The monoisotopic (exact) mass is 275 g/mol. The van der Waals surface area contributed by atoms with Crippen LogP contribution in [0.1, 0.15) is 32.3 Å². The zero-order chi connectivity index (χ0) is 14.7. The van der Waals surface area contributed by atoms with Crippen LogP contribution in [0.25, 0.3) is 0 Å². The number of aryl methyl sites for hydroxylation is 1. The number of nitrogens with zero attached hydrogens (tertiary/aromatic N) is 1. The molecule has 1 atom stereocenters. The molecule has 1 aliphatic carbocycles. The third kappa shape index (κ3) is 3.73. The van der Waals surface area contributed by atoms with Crippen LogP contribution in [0.3, 0.4) is 0 Å². The van der Waals surface area contributed by atoms with Crippen molar-refractivity contribution < 1.29 is 4.79 Å². The number of likely N-dealkylation sites (N-methyl/N-ethyl adjacent to an activating group) is 1. The number of nitrogens with two attached hydrogens (primary N) is 1. The van der Waals surface area contributed by atoms with Gasteiger partial charge in [0, 0.05) is 17.9 Å². The fourth-order valence-electron chi connectivity index (χ4n) is 2.37. The number of nitrogens with one attached hydrogen (secondary N) is 1. The van der Waals surface area contributed by atoms with E-state index >= 15 is 0 Å². The topological polar surface area (TPSA) is 58.4 Å². The largest absolute Gasteiger partial charge is 0.399 e. The van der Waals surface area contributed by atoms with Crippen LogP contribution in [0.4, 0.5) is 11.4 Å². The minimum absolute atomic E-state index is 0.0428. The molecule has 3 N–H and O–H groups in total. The van der Waals surface area contributed by atoms with Gasteiger partial charge >= 0.3 is 0 Å². The maximum atomic E-state index is 12.4. The molecule has 1 aromatic rings. The van der Waals surface area contributed by atoms with Gasteiger partial charge in [0.15, 0.2) is 0 Å². The predicted molar refractivity (Wildman–Crippen MR) is 83.7 cm³/mol. The standard InChI is InChI=1S/C16H25N3O/c1-4-19(10-13-6-7-13)12(3)16(20)18-15-9-14(17)8-5-11(15)2/h5,8-9,12-13H,4,6-7,10,17H2,1-3H3,(H,18,20). The lowest BCUT2D eigenvalue weighted by atomic mass is 10.1. The highest BCUT2D eigenvalue weighted by atomic mass is 16.2. The van der Waals surface area contributed by atoms with Crippen LogP contribution in [0, 0.1) is 12.8 Å². The van der Waals surface area contributed by atoms with Crippen molar-refractivity contribution in [2.24, 2.45) is 5.92 Å². The van der Waals surface area contributed by atoms with E-state index < -0.39 is 0 Å². The van der Waals surface area contributed by atoms with E-state index in [4.69, 9.17) is 5.73 Å². The molecular formula is C16H25N3O. The van der Waals surface area contributed by atoms with Gasteiger partial charge in [-0.2, -0.15) is 0 Å². The Balaban J connectivity index is 2.00. The van der Waals surface area contributed by atoms with Crippen molar-refractivity contribution in [3.05, 3.63) is 23.8 Å². The van der Waals surface area contributed by atoms with E-state index in [9.17, 15) is 4.79 Å². The van der Waals surface area contributed by atoms with Gasteiger partial charge < -0.3 is 11.1 Å². The maximum Gasteiger partial charge on any atom is 0.241 e. The molecule has 1 amide bonds. The van der Waals surface area contributed by atoms with Crippen LogP contribution in [0.15, 0.2) is 18.2 Å². The molecule has 110 valence electrons. The summed E-state index contributed by atoms with van der Waals surface area (Å²) in [6.45, 7) is 7.99. The minimum Gasteiger partial charge on any atom is -0.399 e. The number of benzene rings is 1. The molecule has 1 aromatic carbocycles. The second-order valence-corrected chi connectivity index (χ2v) is 5.77. The number of hydrogen-bond acceptors (Lipinski definition) is 3. The molecule has 0 spiro atoms. The van der Waals surface area contributed by atoms with Gasteiger partial charge in [0.2, 0.25) is 5.91 Å². The minimum atomic E-state index is -0.110. The highest BCUT2D eigenvalue weighted by molar-refractivity contribution is 5.95. The van der Waals surface area contributed by atoms with E-state index in [1.165, 1.54) is 12.8 Å². The van der Waals surface area contributed by atoms with E-state index in [1.807, 2.05) is 32.0 Å². The molecule has 0 aliphatic heterocycles. The summed E-state index contributed by atoms with van der Waals surface area (Å²) < 4.78 is 0. The number of hydrogen-bond donors (Lipinski definition) is 2. The Labute approximate surface area is 121 Å². The van der Waals surface area contributed by atoms with E-state index in [-0.39, 0.29) is 11.9 Å². The van der Waals surface area contributed by atoms with Gasteiger partial charge in [-0.3, -0.25) is 9.69 Å². The van der Waals surface area contributed by atoms with E-state index in [1.54, 1.807) is 0 Å². The number of amides is 1. The molecule has 1 aliphatic rings. The molecule has 20 heavy (non-hydrogen) atoms. The van der Waals surface area contributed by atoms with Gasteiger partial charge in [-0.25, -0.2) is 0 Å². The van der Waals surface area contributed by atoms with Gasteiger partial charge in [-0.1, -0.05) is 13.0 Å². The first-order valence-corrected chi connectivity index (χ1v) is 7.42. The van der Waals surface area contributed by atoms with Gasteiger partial charge in [-0.05, 0) is 56.8 Å². The summed E-state index contributed by atoms with van der Waals surface area (Å²) in [5.74, 6) is 0.834.